The second kappa shape index (κ2) is 10.6. The van der Waals surface area contributed by atoms with Gasteiger partial charge in [0.1, 0.15) is 12.2 Å². The summed E-state index contributed by atoms with van der Waals surface area (Å²) in [5.74, 6) is -0.422. The van der Waals surface area contributed by atoms with Crippen LogP contribution in [0.2, 0.25) is 0 Å². The Labute approximate surface area is 128 Å². The Morgan fingerprint density at radius 2 is 1.81 bits per heavy atom. The lowest BCUT2D eigenvalue weighted by Crippen LogP contribution is -2.20. The van der Waals surface area contributed by atoms with Crippen molar-refractivity contribution in [3.05, 3.63) is 11.6 Å². The van der Waals surface area contributed by atoms with Gasteiger partial charge in [-0.25, -0.2) is 0 Å². The number of Topliss-reactive ketones (excluding diaryl/α,β-unsaturated/α-hetero) is 1. The molecule has 0 aromatic rings. The topological polar surface area (TPSA) is 63.6 Å². The molecule has 0 aliphatic carbocycles. The van der Waals surface area contributed by atoms with Crippen LogP contribution in [0.3, 0.4) is 0 Å². The maximum Gasteiger partial charge on any atom is 0.313 e. The average Bonchev–Trinajstić information content (AvgIpc) is 2.25. The molecule has 2 unspecified atom stereocenters. The van der Waals surface area contributed by atoms with Crippen LogP contribution in [-0.4, -0.2) is 29.1 Å². The van der Waals surface area contributed by atoms with E-state index in [2.05, 4.69) is 26.8 Å². The summed E-state index contributed by atoms with van der Waals surface area (Å²) in [6, 6.07) is 0. The first-order valence-electron chi connectivity index (χ1n) is 7.73. The molecule has 0 radical (unpaired) electrons. The molecule has 2 atom stereocenters. The summed E-state index contributed by atoms with van der Waals surface area (Å²) < 4.78 is 4.91. The summed E-state index contributed by atoms with van der Waals surface area (Å²) >= 11 is 0. The number of carbonyl (C=O) groups excluding carboxylic acids is 2. The van der Waals surface area contributed by atoms with Crippen molar-refractivity contribution >= 4 is 11.8 Å². The maximum atomic E-state index is 11.7. The summed E-state index contributed by atoms with van der Waals surface area (Å²) in [5.41, 5.74) is 1.29. The van der Waals surface area contributed by atoms with E-state index in [0.717, 1.165) is 12.8 Å². The Morgan fingerprint density at radius 3 is 2.33 bits per heavy atom. The van der Waals surface area contributed by atoms with Crippen LogP contribution in [0.4, 0.5) is 0 Å². The third-order valence-electron chi connectivity index (χ3n) is 3.06. The van der Waals surface area contributed by atoms with Gasteiger partial charge in [0.2, 0.25) is 0 Å². The van der Waals surface area contributed by atoms with Crippen LogP contribution in [0.5, 0.6) is 0 Å². The first kappa shape index (κ1) is 19.8. The van der Waals surface area contributed by atoms with Gasteiger partial charge in [0.05, 0.1) is 12.2 Å². The third kappa shape index (κ3) is 12.3. The molecule has 21 heavy (non-hydrogen) atoms. The van der Waals surface area contributed by atoms with Crippen LogP contribution in [0, 0.1) is 5.92 Å². The fourth-order valence-electron chi connectivity index (χ4n) is 2.12. The van der Waals surface area contributed by atoms with Crippen molar-refractivity contribution in [3.63, 3.8) is 0 Å². The molecule has 0 saturated heterocycles. The zero-order chi connectivity index (χ0) is 16.4. The van der Waals surface area contributed by atoms with Crippen LogP contribution in [0.15, 0.2) is 11.6 Å². The lowest BCUT2D eigenvalue weighted by molar-refractivity contribution is -0.149. The molecule has 0 amide bonds. The van der Waals surface area contributed by atoms with E-state index in [0.29, 0.717) is 12.3 Å². The Kier molecular flexibility index (Phi) is 9.97. The molecule has 0 saturated carbocycles. The smallest absolute Gasteiger partial charge is 0.313 e. The van der Waals surface area contributed by atoms with Crippen molar-refractivity contribution in [2.45, 2.75) is 78.9 Å². The van der Waals surface area contributed by atoms with E-state index >= 15 is 0 Å². The van der Waals surface area contributed by atoms with Crippen LogP contribution in [-0.2, 0) is 14.3 Å². The van der Waals surface area contributed by atoms with Gasteiger partial charge in [-0.15, -0.1) is 0 Å². The Bertz CT molecular complexity index is 354. The standard InChI is InChI=1S/C17H30O4/c1-12(2)7-6-8-14(5)9-15(18)10-16(19)11-17(20)21-13(3)4/h7,13-15,18H,6,8-11H2,1-5H3. The van der Waals surface area contributed by atoms with Crippen LogP contribution < -0.4 is 0 Å². The van der Waals surface area contributed by atoms with Gasteiger partial charge < -0.3 is 9.84 Å². The zero-order valence-corrected chi connectivity index (χ0v) is 14.0. The van der Waals surface area contributed by atoms with Crippen molar-refractivity contribution in [2.24, 2.45) is 5.92 Å². The van der Waals surface area contributed by atoms with Crippen molar-refractivity contribution < 1.29 is 19.4 Å². The van der Waals surface area contributed by atoms with Gasteiger partial charge in [0, 0.05) is 6.42 Å². The lowest BCUT2D eigenvalue weighted by Gasteiger charge is -2.15. The summed E-state index contributed by atoms with van der Waals surface area (Å²) in [7, 11) is 0. The maximum absolute atomic E-state index is 11.7. The third-order valence-corrected chi connectivity index (χ3v) is 3.06. The molecule has 122 valence electrons. The fraction of sp³-hybridized carbons (Fsp3) is 0.765. The minimum Gasteiger partial charge on any atom is -0.463 e. The molecular formula is C17H30O4. The molecule has 0 aromatic carbocycles. The summed E-state index contributed by atoms with van der Waals surface area (Å²) in [6.07, 6.45) is 3.63. The number of aliphatic hydroxyl groups is 1. The number of hydrogen-bond acceptors (Lipinski definition) is 4. The summed E-state index contributed by atoms with van der Waals surface area (Å²) in [6.45, 7) is 9.68. The van der Waals surface area contributed by atoms with Gasteiger partial charge in [-0.3, -0.25) is 9.59 Å². The molecule has 0 fully saturated rings. The van der Waals surface area contributed by atoms with Crippen molar-refractivity contribution in [3.8, 4) is 0 Å². The number of rotatable bonds is 10. The summed E-state index contributed by atoms with van der Waals surface area (Å²) in [4.78, 5) is 23.0. The van der Waals surface area contributed by atoms with Crippen molar-refractivity contribution in [2.75, 3.05) is 0 Å². The molecule has 1 N–H and O–H groups in total. The zero-order valence-electron chi connectivity index (χ0n) is 14.0. The monoisotopic (exact) mass is 298 g/mol. The van der Waals surface area contributed by atoms with Gasteiger partial charge in [-0.05, 0) is 52.9 Å². The minimum absolute atomic E-state index is 0.0280. The molecule has 0 spiro atoms. The lowest BCUT2D eigenvalue weighted by atomic mass is 9.95. The number of aliphatic hydroxyl groups excluding tert-OH is 1. The van der Waals surface area contributed by atoms with Gasteiger partial charge in [0.15, 0.2) is 0 Å². The molecule has 0 aromatic heterocycles. The number of esters is 1. The molecule has 4 heteroatoms. The Morgan fingerprint density at radius 1 is 1.19 bits per heavy atom. The predicted molar refractivity (Wildman–Crippen MR) is 83.9 cm³/mol. The Hall–Kier alpha value is -1.16. The second-order valence-corrected chi connectivity index (χ2v) is 6.31. The highest BCUT2D eigenvalue weighted by molar-refractivity contribution is 5.95. The number of ketones is 1. The van der Waals surface area contributed by atoms with Crippen molar-refractivity contribution in [1.29, 1.82) is 0 Å². The molecule has 0 heterocycles. The number of ether oxygens (including phenoxy) is 1. The van der Waals surface area contributed by atoms with E-state index in [9.17, 15) is 14.7 Å². The molecule has 0 aliphatic rings. The highest BCUT2D eigenvalue weighted by Gasteiger charge is 2.17. The quantitative estimate of drug-likeness (QED) is 0.381. The van der Waals surface area contributed by atoms with Gasteiger partial charge in [-0.2, -0.15) is 0 Å². The minimum atomic E-state index is -0.675. The highest BCUT2D eigenvalue weighted by Crippen LogP contribution is 2.16. The largest absolute Gasteiger partial charge is 0.463 e. The average molecular weight is 298 g/mol. The molecule has 0 bridgehead atoms. The van der Waals surface area contributed by atoms with E-state index in [4.69, 9.17) is 4.74 Å². The van der Waals surface area contributed by atoms with Crippen LogP contribution >= 0.6 is 0 Å². The first-order valence-corrected chi connectivity index (χ1v) is 7.73. The van der Waals surface area contributed by atoms with Crippen molar-refractivity contribution in [1.82, 2.24) is 0 Å². The van der Waals surface area contributed by atoms with E-state index in [-0.39, 0.29) is 24.7 Å². The molecule has 0 rings (SSSR count). The molecular weight excluding hydrogens is 268 g/mol. The number of hydrogen-bond donors (Lipinski definition) is 1. The predicted octanol–water partition coefficient (Wildman–Crippen LogP) is 3.42. The van der Waals surface area contributed by atoms with E-state index < -0.39 is 12.1 Å². The fourth-order valence-corrected chi connectivity index (χ4v) is 2.12. The SMILES string of the molecule is CC(C)=CCCC(C)CC(O)CC(=O)CC(=O)OC(C)C. The second-order valence-electron chi connectivity index (χ2n) is 6.31. The van der Waals surface area contributed by atoms with Crippen LogP contribution in [0.25, 0.3) is 0 Å². The molecule has 4 nitrogen and oxygen atoms in total. The van der Waals surface area contributed by atoms with Gasteiger partial charge >= 0.3 is 5.97 Å². The number of allylic oxidation sites excluding steroid dienone is 2. The molecule has 0 aliphatic heterocycles. The normalized spacial score (nSPS) is 13.7. The van der Waals surface area contributed by atoms with Gasteiger partial charge in [0.25, 0.3) is 0 Å². The Balaban J connectivity index is 3.96. The first-order chi connectivity index (χ1) is 9.70. The van der Waals surface area contributed by atoms with Crippen LogP contribution in [0.1, 0.15) is 66.7 Å². The van der Waals surface area contributed by atoms with E-state index in [1.165, 1.54) is 5.57 Å². The highest BCUT2D eigenvalue weighted by atomic mass is 16.5. The van der Waals surface area contributed by atoms with E-state index in [1.807, 2.05) is 0 Å². The van der Waals surface area contributed by atoms with Gasteiger partial charge in [-0.1, -0.05) is 18.6 Å². The number of carbonyl (C=O) groups is 2. The summed E-state index contributed by atoms with van der Waals surface area (Å²) in [5, 5.41) is 9.90. The van der Waals surface area contributed by atoms with E-state index in [1.54, 1.807) is 13.8 Å².